The summed E-state index contributed by atoms with van der Waals surface area (Å²) in [5, 5.41) is 0. The molecule has 0 saturated carbocycles. The van der Waals surface area contributed by atoms with E-state index in [1.807, 2.05) is 27.7 Å². The van der Waals surface area contributed by atoms with Crippen molar-refractivity contribution in [3.05, 3.63) is 0 Å². The van der Waals surface area contributed by atoms with Crippen molar-refractivity contribution in [1.82, 2.24) is 9.80 Å². The molecule has 0 aliphatic carbocycles. The first kappa shape index (κ1) is 16.2. The van der Waals surface area contributed by atoms with Gasteiger partial charge in [-0.05, 0) is 40.8 Å². The van der Waals surface area contributed by atoms with Gasteiger partial charge >= 0.3 is 6.09 Å². The van der Waals surface area contributed by atoms with E-state index in [-0.39, 0.29) is 6.09 Å². The number of likely N-dealkylation sites (N-methyl/N-ethyl adjacent to an activating group) is 2. The normalized spacial score (nSPS) is 11.7. The quantitative estimate of drug-likeness (QED) is 0.720. The van der Waals surface area contributed by atoms with Crippen LogP contribution in [0.3, 0.4) is 0 Å². The van der Waals surface area contributed by atoms with Crippen molar-refractivity contribution < 1.29 is 9.53 Å². The predicted molar refractivity (Wildman–Crippen MR) is 71.3 cm³/mol. The number of nitrogens with zero attached hydrogens (tertiary/aromatic N) is 2. The third kappa shape index (κ3) is 7.21. The molecular weight excluding hydrogens is 216 g/mol. The van der Waals surface area contributed by atoms with E-state index in [9.17, 15) is 4.79 Å². The van der Waals surface area contributed by atoms with Crippen LogP contribution < -0.4 is 0 Å². The van der Waals surface area contributed by atoms with Gasteiger partial charge in [0, 0.05) is 19.6 Å². The Morgan fingerprint density at radius 2 is 1.53 bits per heavy atom. The zero-order valence-corrected chi connectivity index (χ0v) is 12.2. The summed E-state index contributed by atoms with van der Waals surface area (Å²) < 4.78 is 5.36. The van der Waals surface area contributed by atoms with Gasteiger partial charge in [-0.1, -0.05) is 13.8 Å². The monoisotopic (exact) mass is 244 g/mol. The van der Waals surface area contributed by atoms with Gasteiger partial charge in [0.1, 0.15) is 5.60 Å². The fourth-order valence-corrected chi connectivity index (χ4v) is 1.51. The Labute approximate surface area is 106 Å². The molecule has 102 valence electrons. The molecule has 0 rings (SSSR count). The first-order chi connectivity index (χ1) is 7.84. The van der Waals surface area contributed by atoms with Crippen LogP contribution >= 0.6 is 0 Å². The highest BCUT2D eigenvalue weighted by molar-refractivity contribution is 5.68. The number of rotatable bonds is 6. The van der Waals surface area contributed by atoms with Crippen molar-refractivity contribution in [1.29, 1.82) is 0 Å². The van der Waals surface area contributed by atoms with E-state index in [0.717, 1.165) is 26.2 Å². The van der Waals surface area contributed by atoms with Crippen molar-refractivity contribution >= 4 is 6.09 Å². The highest BCUT2D eigenvalue weighted by Gasteiger charge is 2.21. The second-order valence-electron chi connectivity index (χ2n) is 5.09. The molecule has 0 fully saturated rings. The summed E-state index contributed by atoms with van der Waals surface area (Å²) >= 11 is 0. The minimum atomic E-state index is -0.417. The summed E-state index contributed by atoms with van der Waals surface area (Å²) in [5.41, 5.74) is -0.417. The smallest absolute Gasteiger partial charge is 0.410 e. The number of hydrogen-bond donors (Lipinski definition) is 0. The molecule has 0 radical (unpaired) electrons. The fraction of sp³-hybridized carbons (Fsp3) is 0.923. The molecule has 0 aliphatic rings. The van der Waals surface area contributed by atoms with Crippen LogP contribution in [-0.4, -0.2) is 54.2 Å². The molecule has 0 heterocycles. The molecule has 0 aromatic carbocycles. The Balaban J connectivity index is 4.19. The Morgan fingerprint density at radius 3 is 1.88 bits per heavy atom. The van der Waals surface area contributed by atoms with Crippen LogP contribution in [0.25, 0.3) is 0 Å². The Hall–Kier alpha value is -0.770. The first-order valence-electron chi connectivity index (χ1n) is 6.54. The average molecular weight is 244 g/mol. The largest absolute Gasteiger partial charge is 0.444 e. The van der Waals surface area contributed by atoms with E-state index in [4.69, 9.17) is 4.74 Å². The number of carbonyl (C=O) groups excluding carboxylic acids is 1. The van der Waals surface area contributed by atoms with E-state index in [0.29, 0.717) is 6.54 Å². The Kier molecular flexibility index (Phi) is 7.19. The standard InChI is InChI=1S/C13H28N2O2/c1-7-14(8-2)10-11-15(9-3)12(16)17-13(4,5)6/h7-11H2,1-6H3. The maximum atomic E-state index is 11.9. The van der Waals surface area contributed by atoms with Crippen LogP contribution in [0.2, 0.25) is 0 Å². The lowest BCUT2D eigenvalue weighted by Gasteiger charge is -2.28. The number of ether oxygens (including phenoxy) is 1. The van der Waals surface area contributed by atoms with E-state index in [1.54, 1.807) is 4.90 Å². The SMILES string of the molecule is CCN(CC)CCN(CC)C(=O)OC(C)(C)C. The van der Waals surface area contributed by atoms with Crippen molar-refractivity contribution in [2.24, 2.45) is 0 Å². The van der Waals surface area contributed by atoms with Gasteiger partial charge in [0.15, 0.2) is 0 Å². The van der Waals surface area contributed by atoms with Crippen LogP contribution in [0, 0.1) is 0 Å². The van der Waals surface area contributed by atoms with E-state index in [1.165, 1.54) is 0 Å². The molecule has 0 N–H and O–H groups in total. The molecular formula is C13H28N2O2. The first-order valence-corrected chi connectivity index (χ1v) is 6.54. The van der Waals surface area contributed by atoms with Crippen LogP contribution in [0.5, 0.6) is 0 Å². The Bertz CT molecular complexity index is 220. The number of hydrogen-bond acceptors (Lipinski definition) is 3. The van der Waals surface area contributed by atoms with Crippen molar-refractivity contribution in [3.63, 3.8) is 0 Å². The molecule has 0 bridgehead atoms. The minimum absolute atomic E-state index is 0.216. The van der Waals surface area contributed by atoms with Crippen molar-refractivity contribution in [3.8, 4) is 0 Å². The summed E-state index contributed by atoms with van der Waals surface area (Å²) in [6.07, 6.45) is -0.216. The molecule has 0 atom stereocenters. The van der Waals surface area contributed by atoms with E-state index < -0.39 is 5.60 Å². The summed E-state index contributed by atoms with van der Waals surface area (Å²) in [6.45, 7) is 16.3. The molecule has 0 aromatic rings. The highest BCUT2D eigenvalue weighted by Crippen LogP contribution is 2.09. The maximum Gasteiger partial charge on any atom is 0.410 e. The number of carbonyl (C=O) groups is 1. The second kappa shape index (κ2) is 7.54. The van der Waals surface area contributed by atoms with Gasteiger partial charge in [-0.2, -0.15) is 0 Å². The molecule has 0 spiro atoms. The summed E-state index contributed by atoms with van der Waals surface area (Å²) in [5.74, 6) is 0. The molecule has 17 heavy (non-hydrogen) atoms. The minimum Gasteiger partial charge on any atom is -0.444 e. The van der Waals surface area contributed by atoms with E-state index >= 15 is 0 Å². The molecule has 1 amide bonds. The van der Waals surface area contributed by atoms with E-state index in [2.05, 4.69) is 18.7 Å². The third-order valence-corrected chi connectivity index (χ3v) is 2.61. The molecule has 0 aliphatic heterocycles. The summed E-state index contributed by atoms with van der Waals surface area (Å²) in [6, 6.07) is 0. The van der Waals surface area contributed by atoms with Gasteiger partial charge < -0.3 is 14.5 Å². The van der Waals surface area contributed by atoms with Gasteiger partial charge in [-0.15, -0.1) is 0 Å². The van der Waals surface area contributed by atoms with Gasteiger partial charge in [-0.25, -0.2) is 4.79 Å². The van der Waals surface area contributed by atoms with Crippen molar-refractivity contribution in [2.45, 2.75) is 47.1 Å². The molecule has 0 saturated heterocycles. The van der Waals surface area contributed by atoms with Gasteiger partial charge in [0.2, 0.25) is 0 Å². The van der Waals surface area contributed by atoms with Gasteiger partial charge in [0.25, 0.3) is 0 Å². The van der Waals surface area contributed by atoms with Gasteiger partial charge in [0.05, 0.1) is 0 Å². The molecule has 0 unspecified atom stereocenters. The maximum absolute atomic E-state index is 11.9. The fourth-order valence-electron chi connectivity index (χ4n) is 1.51. The molecule has 4 nitrogen and oxygen atoms in total. The summed E-state index contributed by atoms with van der Waals surface area (Å²) in [4.78, 5) is 15.9. The van der Waals surface area contributed by atoms with Crippen LogP contribution in [0.1, 0.15) is 41.5 Å². The Morgan fingerprint density at radius 1 is 1.00 bits per heavy atom. The lowest BCUT2D eigenvalue weighted by Crippen LogP contribution is -2.41. The second-order valence-corrected chi connectivity index (χ2v) is 5.09. The zero-order chi connectivity index (χ0) is 13.5. The zero-order valence-electron chi connectivity index (χ0n) is 12.2. The van der Waals surface area contributed by atoms with Crippen LogP contribution in [0.4, 0.5) is 4.79 Å². The van der Waals surface area contributed by atoms with Gasteiger partial charge in [-0.3, -0.25) is 0 Å². The highest BCUT2D eigenvalue weighted by atomic mass is 16.6. The lowest BCUT2D eigenvalue weighted by atomic mass is 10.2. The molecule has 4 heteroatoms. The molecule has 0 aromatic heterocycles. The third-order valence-electron chi connectivity index (χ3n) is 2.61. The predicted octanol–water partition coefficient (Wildman–Crippen LogP) is 2.59. The van der Waals surface area contributed by atoms with Crippen molar-refractivity contribution in [2.75, 3.05) is 32.7 Å². The average Bonchev–Trinajstić information content (AvgIpc) is 2.22. The van der Waals surface area contributed by atoms with Crippen LogP contribution in [0.15, 0.2) is 0 Å². The number of amides is 1. The topological polar surface area (TPSA) is 32.8 Å². The lowest BCUT2D eigenvalue weighted by molar-refractivity contribution is 0.0244. The summed E-state index contributed by atoms with van der Waals surface area (Å²) in [7, 11) is 0. The van der Waals surface area contributed by atoms with Crippen LogP contribution in [-0.2, 0) is 4.74 Å².